The fourth-order valence-electron chi connectivity index (χ4n) is 2.03. The van der Waals surface area contributed by atoms with Gasteiger partial charge in [0, 0.05) is 11.4 Å². The van der Waals surface area contributed by atoms with E-state index in [4.69, 9.17) is 4.42 Å². The fourth-order valence-corrected chi connectivity index (χ4v) is 2.03. The molecule has 5 nitrogen and oxygen atoms in total. The molecule has 0 saturated carbocycles. The summed E-state index contributed by atoms with van der Waals surface area (Å²) in [5.41, 5.74) is 1.97. The molecule has 3 aromatic rings. The number of aromatic nitrogens is 2. The maximum absolute atomic E-state index is 12.9. The average molecular weight is 285 g/mol. The van der Waals surface area contributed by atoms with Gasteiger partial charge in [-0.05, 0) is 43.3 Å². The second-order valence-corrected chi connectivity index (χ2v) is 4.51. The van der Waals surface area contributed by atoms with Crippen molar-refractivity contribution in [2.24, 2.45) is 0 Å². The molecule has 0 bridgehead atoms. The number of furan rings is 1. The number of anilines is 1. The molecule has 1 amide bonds. The molecular formula is C15H12FN3O2. The van der Waals surface area contributed by atoms with E-state index in [-0.39, 0.29) is 11.7 Å². The predicted octanol–water partition coefficient (Wildman–Crippen LogP) is 3.37. The number of halogens is 1. The summed E-state index contributed by atoms with van der Waals surface area (Å²) in [7, 11) is 0. The van der Waals surface area contributed by atoms with E-state index in [2.05, 4.69) is 15.5 Å². The second kappa shape index (κ2) is 5.24. The van der Waals surface area contributed by atoms with Crippen molar-refractivity contribution in [2.75, 3.05) is 5.32 Å². The number of hydrogen-bond donors (Lipinski definition) is 2. The molecule has 0 radical (unpaired) electrons. The van der Waals surface area contributed by atoms with Crippen LogP contribution in [0.3, 0.4) is 0 Å². The minimum atomic E-state index is -0.358. The number of nitrogens with zero attached hydrogens (tertiary/aromatic N) is 1. The number of carbonyl (C=O) groups excluding carboxylic acids is 1. The third-order valence-electron chi connectivity index (χ3n) is 3.03. The predicted molar refractivity (Wildman–Crippen MR) is 75.4 cm³/mol. The zero-order valence-corrected chi connectivity index (χ0v) is 11.2. The molecule has 2 N–H and O–H groups in total. The van der Waals surface area contributed by atoms with Gasteiger partial charge in [-0.3, -0.25) is 9.89 Å². The third kappa shape index (κ3) is 2.55. The van der Waals surface area contributed by atoms with E-state index in [0.717, 1.165) is 0 Å². The zero-order chi connectivity index (χ0) is 14.8. The van der Waals surface area contributed by atoms with Gasteiger partial charge in [0.05, 0.1) is 11.8 Å². The number of hydrogen-bond acceptors (Lipinski definition) is 3. The van der Waals surface area contributed by atoms with E-state index in [0.29, 0.717) is 28.4 Å². The van der Waals surface area contributed by atoms with E-state index < -0.39 is 0 Å². The summed E-state index contributed by atoms with van der Waals surface area (Å²) in [6, 6.07) is 9.01. The molecule has 0 fully saturated rings. The number of nitrogens with one attached hydrogen (secondary N) is 2. The van der Waals surface area contributed by atoms with Gasteiger partial charge in [-0.25, -0.2) is 4.39 Å². The maximum Gasteiger partial charge on any atom is 0.259 e. The summed E-state index contributed by atoms with van der Waals surface area (Å²) in [6.45, 7) is 1.75. The second-order valence-electron chi connectivity index (χ2n) is 4.51. The number of aryl methyl sites for hydroxylation is 1. The SMILES string of the molecule is Cc1[nH]nc(-c2ccco2)c1C(=O)Nc1ccc(F)cc1. The van der Waals surface area contributed by atoms with Crippen LogP contribution in [-0.2, 0) is 0 Å². The van der Waals surface area contributed by atoms with E-state index in [1.165, 1.54) is 30.5 Å². The summed E-state index contributed by atoms with van der Waals surface area (Å²) in [6.07, 6.45) is 1.51. The number of carbonyl (C=O) groups is 1. The van der Waals surface area contributed by atoms with Crippen LogP contribution >= 0.6 is 0 Å². The van der Waals surface area contributed by atoms with Gasteiger partial charge in [0.2, 0.25) is 0 Å². The Morgan fingerprint density at radius 3 is 2.71 bits per heavy atom. The fraction of sp³-hybridized carbons (Fsp3) is 0.0667. The van der Waals surface area contributed by atoms with Gasteiger partial charge in [-0.15, -0.1) is 0 Å². The molecule has 2 aromatic heterocycles. The molecule has 3 rings (SSSR count). The van der Waals surface area contributed by atoms with Crippen LogP contribution in [0.1, 0.15) is 16.1 Å². The molecule has 6 heteroatoms. The summed E-state index contributed by atoms with van der Waals surface area (Å²) in [5, 5.41) is 9.57. The first kappa shape index (κ1) is 13.1. The normalized spacial score (nSPS) is 10.6. The van der Waals surface area contributed by atoms with Crippen LogP contribution < -0.4 is 5.32 Å². The van der Waals surface area contributed by atoms with Crippen molar-refractivity contribution in [2.45, 2.75) is 6.92 Å². The minimum Gasteiger partial charge on any atom is -0.463 e. The van der Waals surface area contributed by atoms with Gasteiger partial charge in [0.1, 0.15) is 11.5 Å². The van der Waals surface area contributed by atoms with Crippen LogP contribution in [0.2, 0.25) is 0 Å². The quantitative estimate of drug-likeness (QED) is 0.775. The molecule has 0 aliphatic rings. The van der Waals surface area contributed by atoms with Crippen molar-refractivity contribution in [3.63, 3.8) is 0 Å². The van der Waals surface area contributed by atoms with Crippen molar-refractivity contribution >= 4 is 11.6 Å². The lowest BCUT2D eigenvalue weighted by atomic mass is 10.1. The lowest BCUT2D eigenvalue weighted by molar-refractivity contribution is 0.102. The van der Waals surface area contributed by atoms with Crippen LogP contribution in [0.25, 0.3) is 11.5 Å². The van der Waals surface area contributed by atoms with Crippen LogP contribution in [0.15, 0.2) is 47.1 Å². The van der Waals surface area contributed by atoms with Gasteiger partial charge in [-0.2, -0.15) is 5.10 Å². The highest BCUT2D eigenvalue weighted by atomic mass is 19.1. The Hall–Kier alpha value is -2.89. The molecule has 21 heavy (non-hydrogen) atoms. The monoisotopic (exact) mass is 285 g/mol. The van der Waals surface area contributed by atoms with Crippen LogP contribution in [0.5, 0.6) is 0 Å². The molecule has 0 unspecified atom stereocenters. The van der Waals surface area contributed by atoms with Crippen LogP contribution in [0, 0.1) is 12.7 Å². The highest BCUT2D eigenvalue weighted by Crippen LogP contribution is 2.25. The topological polar surface area (TPSA) is 70.9 Å². The Bertz CT molecular complexity index is 761. The lowest BCUT2D eigenvalue weighted by Gasteiger charge is -2.05. The van der Waals surface area contributed by atoms with E-state index in [9.17, 15) is 9.18 Å². The molecule has 2 heterocycles. The third-order valence-corrected chi connectivity index (χ3v) is 3.03. The summed E-state index contributed by atoms with van der Waals surface area (Å²) < 4.78 is 18.1. The molecular weight excluding hydrogens is 273 g/mol. The number of H-pyrrole nitrogens is 1. The number of rotatable bonds is 3. The maximum atomic E-state index is 12.9. The summed E-state index contributed by atoms with van der Waals surface area (Å²) in [5.74, 6) is -0.188. The molecule has 106 valence electrons. The van der Waals surface area contributed by atoms with Crippen molar-refractivity contribution < 1.29 is 13.6 Å². The van der Waals surface area contributed by atoms with E-state index >= 15 is 0 Å². The lowest BCUT2D eigenvalue weighted by Crippen LogP contribution is -2.13. The Balaban J connectivity index is 1.91. The van der Waals surface area contributed by atoms with Gasteiger partial charge in [0.25, 0.3) is 5.91 Å². The zero-order valence-electron chi connectivity index (χ0n) is 11.2. The Kier molecular flexibility index (Phi) is 3.27. The molecule has 0 saturated heterocycles. The van der Waals surface area contributed by atoms with Crippen molar-refractivity contribution in [1.29, 1.82) is 0 Å². The molecule has 0 spiro atoms. The highest BCUT2D eigenvalue weighted by Gasteiger charge is 2.21. The first-order chi connectivity index (χ1) is 10.1. The van der Waals surface area contributed by atoms with Gasteiger partial charge < -0.3 is 9.73 Å². The Labute approximate surface area is 119 Å². The number of aromatic amines is 1. The molecule has 0 atom stereocenters. The number of amides is 1. The van der Waals surface area contributed by atoms with Gasteiger partial charge >= 0.3 is 0 Å². The molecule has 1 aromatic carbocycles. The smallest absolute Gasteiger partial charge is 0.259 e. The first-order valence-electron chi connectivity index (χ1n) is 6.31. The van der Waals surface area contributed by atoms with Crippen LogP contribution in [0.4, 0.5) is 10.1 Å². The largest absolute Gasteiger partial charge is 0.463 e. The van der Waals surface area contributed by atoms with Crippen LogP contribution in [-0.4, -0.2) is 16.1 Å². The standard InChI is InChI=1S/C15H12FN3O2/c1-9-13(14(19-18-9)12-3-2-8-21-12)15(20)17-11-6-4-10(16)5-7-11/h2-8H,1H3,(H,17,20)(H,18,19). The summed E-state index contributed by atoms with van der Waals surface area (Å²) in [4.78, 5) is 12.4. The van der Waals surface area contributed by atoms with Crippen molar-refractivity contribution in [1.82, 2.24) is 10.2 Å². The Morgan fingerprint density at radius 1 is 1.29 bits per heavy atom. The van der Waals surface area contributed by atoms with Crippen molar-refractivity contribution in [3.8, 4) is 11.5 Å². The first-order valence-corrected chi connectivity index (χ1v) is 6.31. The number of benzene rings is 1. The highest BCUT2D eigenvalue weighted by molar-refractivity contribution is 6.08. The van der Waals surface area contributed by atoms with Gasteiger partial charge in [-0.1, -0.05) is 0 Å². The van der Waals surface area contributed by atoms with Crippen molar-refractivity contribution in [3.05, 3.63) is 59.7 Å². The van der Waals surface area contributed by atoms with E-state index in [1.807, 2.05) is 0 Å². The minimum absolute atomic E-state index is 0.334. The van der Waals surface area contributed by atoms with Gasteiger partial charge in [0.15, 0.2) is 5.76 Å². The molecule has 0 aliphatic carbocycles. The average Bonchev–Trinajstić information content (AvgIpc) is 3.10. The Morgan fingerprint density at radius 2 is 2.05 bits per heavy atom. The van der Waals surface area contributed by atoms with E-state index in [1.54, 1.807) is 19.1 Å². The summed E-state index contributed by atoms with van der Waals surface area (Å²) >= 11 is 0. The molecule has 0 aliphatic heterocycles.